The molecule has 0 bridgehead atoms. The van der Waals surface area contributed by atoms with E-state index in [2.05, 4.69) is 4.90 Å². The zero-order chi connectivity index (χ0) is 14.3. The minimum absolute atomic E-state index is 0.102. The third-order valence-electron chi connectivity index (χ3n) is 2.83. The monoisotopic (exact) mass is 264 g/mol. The average molecular weight is 264 g/mol. The molecule has 0 atom stereocenters. The number of rotatable bonds is 8. The fourth-order valence-corrected chi connectivity index (χ4v) is 1.76. The van der Waals surface area contributed by atoms with E-state index in [1.165, 1.54) is 0 Å². The molecule has 0 saturated heterocycles. The Morgan fingerprint density at radius 3 is 2.47 bits per heavy atom. The molecule has 0 amide bonds. The topological polar surface area (TPSA) is 32.8 Å². The lowest BCUT2D eigenvalue weighted by Gasteiger charge is -2.19. The number of carbonyl (C=O) groups is 1. The Balaban J connectivity index is 2.62. The summed E-state index contributed by atoms with van der Waals surface area (Å²) in [5.74, 6) is 0.779. The van der Waals surface area contributed by atoms with Gasteiger partial charge in [0.05, 0.1) is 18.7 Å². The summed E-state index contributed by atoms with van der Waals surface area (Å²) in [6.45, 7) is 4.72. The van der Waals surface area contributed by atoms with Gasteiger partial charge in [-0.1, -0.05) is 12.1 Å². The average Bonchev–Trinajstić information content (AvgIpc) is 2.37. The van der Waals surface area contributed by atoms with E-state index in [4.69, 9.17) is 4.74 Å². The van der Waals surface area contributed by atoms with Gasteiger partial charge < -0.3 is 9.64 Å². The predicted octanol–water partition coefficient (Wildman–Crippen LogP) is 1.76. The van der Waals surface area contributed by atoms with Crippen molar-refractivity contribution >= 4 is 5.78 Å². The number of ketones is 1. The van der Waals surface area contributed by atoms with E-state index >= 15 is 0 Å². The third kappa shape index (κ3) is 5.41. The molecule has 0 saturated carbocycles. The number of para-hydroxylation sites is 1. The number of hydrogen-bond acceptors (Lipinski definition) is 4. The first-order valence-electron chi connectivity index (χ1n) is 6.63. The fraction of sp³-hybridized carbons (Fsp3) is 0.533. The minimum atomic E-state index is 0.102. The Kier molecular flexibility index (Phi) is 6.53. The Labute approximate surface area is 116 Å². The molecule has 0 unspecified atom stereocenters. The van der Waals surface area contributed by atoms with E-state index in [0.29, 0.717) is 24.5 Å². The van der Waals surface area contributed by atoms with Gasteiger partial charge in [0, 0.05) is 13.1 Å². The lowest BCUT2D eigenvalue weighted by Crippen LogP contribution is -2.32. The fourth-order valence-electron chi connectivity index (χ4n) is 1.76. The van der Waals surface area contributed by atoms with Crippen LogP contribution >= 0.6 is 0 Å². The standard InChI is InChI=1S/C15H24N2O2/c1-5-19-15-9-7-6-8-13(15)14(18)12-17(4)11-10-16(2)3/h6-9H,5,10-12H2,1-4H3. The second-order valence-corrected chi connectivity index (χ2v) is 4.89. The molecule has 0 spiro atoms. The maximum absolute atomic E-state index is 12.3. The van der Waals surface area contributed by atoms with Gasteiger partial charge >= 0.3 is 0 Å². The van der Waals surface area contributed by atoms with Crippen LogP contribution in [0.1, 0.15) is 17.3 Å². The number of Topliss-reactive ketones (excluding diaryl/α,β-unsaturated/α-hetero) is 1. The van der Waals surface area contributed by atoms with Crippen molar-refractivity contribution in [3.63, 3.8) is 0 Å². The van der Waals surface area contributed by atoms with Crippen LogP contribution in [0, 0.1) is 0 Å². The Bertz CT molecular complexity index is 405. The molecule has 0 heterocycles. The smallest absolute Gasteiger partial charge is 0.180 e. The summed E-state index contributed by atoms with van der Waals surface area (Å²) >= 11 is 0. The van der Waals surface area contributed by atoms with Gasteiger partial charge in [-0.3, -0.25) is 9.69 Å². The number of carbonyl (C=O) groups excluding carboxylic acids is 1. The number of hydrogen-bond donors (Lipinski definition) is 0. The van der Waals surface area contributed by atoms with Gasteiger partial charge in [0.15, 0.2) is 5.78 Å². The van der Waals surface area contributed by atoms with Crippen LogP contribution in [0.25, 0.3) is 0 Å². The van der Waals surface area contributed by atoms with Gasteiger partial charge in [-0.05, 0) is 40.2 Å². The first-order valence-corrected chi connectivity index (χ1v) is 6.63. The van der Waals surface area contributed by atoms with Crippen molar-refractivity contribution in [1.29, 1.82) is 0 Å². The van der Waals surface area contributed by atoms with Crippen molar-refractivity contribution in [2.45, 2.75) is 6.92 Å². The van der Waals surface area contributed by atoms with Crippen LogP contribution in [0.2, 0.25) is 0 Å². The molecule has 106 valence electrons. The van der Waals surface area contributed by atoms with E-state index in [1.54, 1.807) is 0 Å². The molecule has 0 aliphatic carbocycles. The van der Waals surface area contributed by atoms with E-state index in [1.807, 2.05) is 57.2 Å². The van der Waals surface area contributed by atoms with E-state index in [-0.39, 0.29) is 5.78 Å². The molecule has 1 rings (SSSR count). The summed E-state index contributed by atoms with van der Waals surface area (Å²) in [7, 11) is 6.02. The highest BCUT2D eigenvalue weighted by molar-refractivity contribution is 6.00. The van der Waals surface area contributed by atoms with Crippen LogP contribution in [-0.2, 0) is 0 Å². The quantitative estimate of drug-likeness (QED) is 0.670. The molecule has 1 aromatic carbocycles. The number of benzene rings is 1. The minimum Gasteiger partial charge on any atom is -0.493 e. The predicted molar refractivity (Wildman–Crippen MR) is 78.0 cm³/mol. The normalized spacial score (nSPS) is 11.1. The van der Waals surface area contributed by atoms with Crippen LogP contribution in [0.3, 0.4) is 0 Å². The molecule has 0 aliphatic rings. The molecule has 1 aromatic rings. The first-order chi connectivity index (χ1) is 9.04. The summed E-state index contributed by atoms with van der Waals surface area (Å²) in [5, 5.41) is 0. The van der Waals surface area contributed by atoms with Gasteiger partial charge in [0.2, 0.25) is 0 Å². The Morgan fingerprint density at radius 1 is 1.16 bits per heavy atom. The molecular weight excluding hydrogens is 240 g/mol. The van der Waals surface area contributed by atoms with Crippen LogP contribution in [-0.4, -0.2) is 63.0 Å². The molecule has 4 heteroatoms. The van der Waals surface area contributed by atoms with E-state index < -0.39 is 0 Å². The van der Waals surface area contributed by atoms with Crippen LogP contribution < -0.4 is 4.74 Å². The van der Waals surface area contributed by atoms with E-state index in [9.17, 15) is 4.79 Å². The molecule has 19 heavy (non-hydrogen) atoms. The molecular formula is C15H24N2O2. The molecule has 0 fully saturated rings. The SMILES string of the molecule is CCOc1ccccc1C(=O)CN(C)CCN(C)C. The van der Waals surface area contributed by atoms with Crippen LogP contribution in [0.15, 0.2) is 24.3 Å². The van der Waals surface area contributed by atoms with Crippen molar-refractivity contribution in [3.8, 4) is 5.75 Å². The lowest BCUT2D eigenvalue weighted by atomic mass is 10.1. The highest BCUT2D eigenvalue weighted by Crippen LogP contribution is 2.18. The van der Waals surface area contributed by atoms with Crippen LogP contribution in [0.5, 0.6) is 5.75 Å². The molecule has 0 N–H and O–H groups in total. The zero-order valence-corrected chi connectivity index (χ0v) is 12.3. The van der Waals surface area contributed by atoms with Crippen molar-refractivity contribution < 1.29 is 9.53 Å². The number of ether oxygens (including phenoxy) is 1. The lowest BCUT2D eigenvalue weighted by molar-refractivity contribution is 0.0939. The summed E-state index contributed by atoms with van der Waals surface area (Å²) in [4.78, 5) is 16.4. The van der Waals surface area contributed by atoms with E-state index in [0.717, 1.165) is 13.1 Å². The first kappa shape index (κ1) is 15.7. The van der Waals surface area contributed by atoms with Crippen molar-refractivity contribution in [3.05, 3.63) is 29.8 Å². The largest absolute Gasteiger partial charge is 0.493 e. The second-order valence-electron chi connectivity index (χ2n) is 4.89. The van der Waals surface area contributed by atoms with Gasteiger partial charge in [0.25, 0.3) is 0 Å². The second kappa shape index (κ2) is 7.92. The maximum atomic E-state index is 12.3. The summed E-state index contributed by atoms with van der Waals surface area (Å²) in [6.07, 6.45) is 0. The van der Waals surface area contributed by atoms with Gasteiger partial charge in [0.1, 0.15) is 5.75 Å². The Hall–Kier alpha value is -1.39. The highest BCUT2D eigenvalue weighted by atomic mass is 16.5. The van der Waals surface area contributed by atoms with Crippen molar-refractivity contribution in [1.82, 2.24) is 9.80 Å². The van der Waals surface area contributed by atoms with Gasteiger partial charge in [-0.15, -0.1) is 0 Å². The molecule has 4 nitrogen and oxygen atoms in total. The number of nitrogens with zero attached hydrogens (tertiary/aromatic N) is 2. The molecule has 0 radical (unpaired) electrons. The van der Waals surface area contributed by atoms with Crippen molar-refractivity contribution in [2.75, 3.05) is 47.4 Å². The Morgan fingerprint density at radius 2 is 1.84 bits per heavy atom. The van der Waals surface area contributed by atoms with Gasteiger partial charge in [-0.25, -0.2) is 0 Å². The highest BCUT2D eigenvalue weighted by Gasteiger charge is 2.13. The third-order valence-corrected chi connectivity index (χ3v) is 2.83. The van der Waals surface area contributed by atoms with Gasteiger partial charge in [-0.2, -0.15) is 0 Å². The molecule has 0 aliphatic heterocycles. The van der Waals surface area contributed by atoms with Crippen LogP contribution in [0.4, 0.5) is 0 Å². The number of likely N-dealkylation sites (N-methyl/N-ethyl adjacent to an activating group) is 2. The zero-order valence-electron chi connectivity index (χ0n) is 12.3. The molecule has 0 aromatic heterocycles. The van der Waals surface area contributed by atoms with Crippen molar-refractivity contribution in [2.24, 2.45) is 0 Å². The summed E-state index contributed by atoms with van der Waals surface area (Å²) in [5.41, 5.74) is 0.668. The summed E-state index contributed by atoms with van der Waals surface area (Å²) < 4.78 is 5.49. The maximum Gasteiger partial charge on any atom is 0.180 e. The summed E-state index contributed by atoms with van der Waals surface area (Å²) in [6, 6.07) is 7.43.